The van der Waals surface area contributed by atoms with Gasteiger partial charge in [-0.3, -0.25) is 4.79 Å². The summed E-state index contributed by atoms with van der Waals surface area (Å²) in [7, 11) is 0. The molecule has 2 heteroatoms. The lowest BCUT2D eigenvalue weighted by molar-refractivity contribution is -0.122. The van der Waals surface area contributed by atoms with Gasteiger partial charge in [0.25, 0.3) is 0 Å². The van der Waals surface area contributed by atoms with E-state index in [0.717, 1.165) is 12.8 Å². The van der Waals surface area contributed by atoms with Gasteiger partial charge in [-0.25, -0.2) is 0 Å². The highest BCUT2D eigenvalue weighted by atomic mass is 16.2. The van der Waals surface area contributed by atoms with E-state index in [4.69, 9.17) is 0 Å². The topological polar surface area (TPSA) is 29.1 Å². The maximum absolute atomic E-state index is 11.6. The van der Waals surface area contributed by atoms with Crippen LogP contribution in [0.1, 0.15) is 35.1 Å². The van der Waals surface area contributed by atoms with Crippen molar-refractivity contribution in [2.24, 2.45) is 5.92 Å². The Balaban J connectivity index is 2.05. The monoisotopic (exact) mass is 217 g/mol. The zero-order chi connectivity index (χ0) is 11.7. The van der Waals surface area contributed by atoms with Crippen molar-refractivity contribution in [1.82, 2.24) is 5.32 Å². The minimum atomic E-state index is 0.222. The first-order valence-corrected chi connectivity index (χ1v) is 5.92. The average molecular weight is 217 g/mol. The van der Waals surface area contributed by atoms with E-state index in [0.29, 0.717) is 12.5 Å². The Labute approximate surface area is 97.1 Å². The fraction of sp³-hybridized carbons (Fsp3) is 0.500. The summed E-state index contributed by atoms with van der Waals surface area (Å²) in [5.41, 5.74) is 5.09. The first-order valence-electron chi connectivity index (χ1n) is 5.92. The van der Waals surface area contributed by atoms with E-state index in [2.05, 4.69) is 38.2 Å². The highest BCUT2D eigenvalue weighted by Crippen LogP contribution is 2.29. The molecule has 0 heterocycles. The first-order chi connectivity index (χ1) is 7.58. The van der Waals surface area contributed by atoms with Gasteiger partial charge in [-0.1, -0.05) is 17.7 Å². The van der Waals surface area contributed by atoms with Gasteiger partial charge in [0.2, 0.25) is 5.91 Å². The molecule has 1 aromatic carbocycles. The Morgan fingerprint density at radius 2 is 1.81 bits per heavy atom. The van der Waals surface area contributed by atoms with Gasteiger partial charge in [0.15, 0.2) is 0 Å². The summed E-state index contributed by atoms with van der Waals surface area (Å²) in [5.74, 6) is 0.519. The number of carbonyl (C=O) groups is 1. The summed E-state index contributed by atoms with van der Waals surface area (Å²) in [6, 6.07) is 4.34. The summed E-state index contributed by atoms with van der Waals surface area (Å²) in [4.78, 5) is 11.6. The summed E-state index contributed by atoms with van der Waals surface area (Å²) >= 11 is 0. The molecule has 86 valence electrons. The second-order valence-electron chi connectivity index (χ2n) is 4.87. The third-order valence-electron chi connectivity index (χ3n) is 3.23. The van der Waals surface area contributed by atoms with E-state index in [1.807, 2.05) is 0 Å². The Hall–Kier alpha value is -1.31. The minimum absolute atomic E-state index is 0.222. The van der Waals surface area contributed by atoms with Crippen LogP contribution in [0.25, 0.3) is 0 Å². The molecule has 0 unspecified atom stereocenters. The molecule has 2 nitrogen and oxygen atoms in total. The molecule has 0 spiro atoms. The van der Waals surface area contributed by atoms with Crippen LogP contribution < -0.4 is 5.32 Å². The van der Waals surface area contributed by atoms with Gasteiger partial charge >= 0.3 is 0 Å². The van der Waals surface area contributed by atoms with Gasteiger partial charge in [0.1, 0.15) is 0 Å². The normalized spacial score (nSPS) is 14.9. The van der Waals surface area contributed by atoms with Crippen LogP contribution in [-0.2, 0) is 11.3 Å². The van der Waals surface area contributed by atoms with Gasteiger partial charge in [0.05, 0.1) is 0 Å². The van der Waals surface area contributed by atoms with Crippen LogP contribution in [0.3, 0.4) is 0 Å². The predicted molar refractivity (Wildman–Crippen MR) is 65.2 cm³/mol. The quantitative estimate of drug-likeness (QED) is 0.828. The number of nitrogens with one attached hydrogen (secondary N) is 1. The summed E-state index contributed by atoms with van der Waals surface area (Å²) < 4.78 is 0. The molecule has 1 aliphatic rings. The van der Waals surface area contributed by atoms with Gasteiger partial charge in [-0.15, -0.1) is 0 Å². The Kier molecular flexibility index (Phi) is 2.99. The molecule has 0 radical (unpaired) electrons. The van der Waals surface area contributed by atoms with Crippen molar-refractivity contribution in [3.8, 4) is 0 Å². The van der Waals surface area contributed by atoms with Crippen molar-refractivity contribution < 1.29 is 4.79 Å². The van der Waals surface area contributed by atoms with Crippen LogP contribution in [0.2, 0.25) is 0 Å². The van der Waals surface area contributed by atoms with Crippen LogP contribution in [0.4, 0.5) is 0 Å². The Morgan fingerprint density at radius 1 is 1.25 bits per heavy atom. The molecule has 0 aromatic heterocycles. The molecule has 1 saturated carbocycles. The number of amides is 1. The zero-order valence-electron chi connectivity index (χ0n) is 10.3. The highest BCUT2D eigenvalue weighted by molar-refractivity contribution is 5.80. The van der Waals surface area contributed by atoms with E-state index in [1.54, 1.807) is 0 Å². The van der Waals surface area contributed by atoms with Crippen LogP contribution in [0.5, 0.6) is 0 Å². The number of aryl methyl sites for hydroxylation is 3. The molecule has 1 N–H and O–H groups in total. The Morgan fingerprint density at radius 3 is 2.31 bits per heavy atom. The average Bonchev–Trinajstić information content (AvgIpc) is 2.98. The van der Waals surface area contributed by atoms with E-state index < -0.39 is 0 Å². The van der Waals surface area contributed by atoms with Crippen molar-refractivity contribution in [3.63, 3.8) is 0 Å². The molecule has 1 aromatic rings. The van der Waals surface area contributed by atoms with Crippen LogP contribution in [0, 0.1) is 26.7 Å². The molecular weight excluding hydrogens is 198 g/mol. The van der Waals surface area contributed by atoms with Crippen LogP contribution >= 0.6 is 0 Å². The Bertz CT molecular complexity index is 396. The van der Waals surface area contributed by atoms with E-state index in [9.17, 15) is 4.79 Å². The van der Waals surface area contributed by atoms with Crippen molar-refractivity contribution in [2.45, 2.75) is 40.2 Å². The molecule has 0 aliphatic heterocycles. The fourth-order valence-corrected chi connectivity index (χ4v) is 2.15. The SMILES string of the molecule is Cc1cc(C)c(CNC(=O)C2CC2)c(C)c1. The molecule has 2 rings (SSSR count). The molecule has 1 fully saturated rings. The maximum Gasteiger partial charge on any atom is 0.223 e. The summed E-state index contributed by atoms with van der Waals surface area (Å²) in [5, 5.41) is 3.02. The van der Waals surface area contributed by atoms with Crippen molar-refractivity contribution in [3.05, 3.63) is 34.4 Å². The largest absolute Gasteiger partial charge is 0.352 e. The number of carbonyl (C=O) groups excluding carboxylic acids is 1. The van der Waals surface area contributed by atoms with Crippen molar-refractivity contribution >= 4 is 5.91 Å². The number of hydrogen-bond donors (Lipinski definition) is 1. The lowest BCUT2D eigenvalue weighted by atomic mass is 10.00. The second kappa shape index (κ2) is 4.28. The fourth-order valence-electron chi connectivity index (χ4n) is 2.15. The molecule has 0 saturated heterocycles. The molecule has 1 aliphatic carbocycles. The number of hydrogen-bond acceptors (Lipinski definition) is 1. The van der Waals surface area contributed by atoms with Crippen molar-refractivity contribution in [1.29, 1.82) is 0 Å². The van der Waals surface area contributed by atoms with Gasteiger partial charge in [-0.05, 0) is 50.3 Å². The minimum Gasteiger partial charge on any atom is -0.352 e. The zero-order valence-corrected chi connectivity index (χ0v) is 10.3. The van der Waals surface area contributed by atoms with Crippen molar-refractivity contribution in [2.75, 3.05) is 0 Å². The number of benzene rings is 1. The van der Waals surface area contributed by atoms with Gasteiger partial charge in [0, 0.05) is 12.5 Å². The van der Waals surface area contributed by atoms with E-state index in [1.165, 1.54) is 22.3 Å². The smallest absolute Gasteiger partial charge is 0.223 e. The van der Waals surface area contributed by atoms with E-state index in [-0.39, 0.29) is 5.91 Å². The highest BCUT2D eigenvalue weighted by Gasteiger charge is 2.29. The molecule has 0 atom stereocenters. The lowest BCUT2D eigenvalue weighted by Crippen LogP contribution is -2.25. The van der Waals surface area contributed by atoms with Gasteiger partial charge in [-0.2, -0.15) is 0 Å². The summed E-state index contributed by atoms with van der Waals surface area (Å²) in [6.45, 7) is 7.00. The van der Waals surface area contributed by atoms with Crippen LogP contribution in [-0.4, -0.2) is 5.91 Å². The molecule has 1 amide bonds. The number of rotatable bonds is 3. The third-order valence-corrected chi connectivity index (χ3v) is 3.23. The second-order valence-corrected chi connectivity index (χ2v) is 4.87. The molecular formula is C14H19NO. The first kappa shape index (κ1) is 11.2. The summed E-state index contributed by atoms with van der Waals surface area (Å²) in [6.07, 6.45) is 2.13. The molecule has 0 bridgehead atoms. The van der Waals surface area contributed by atoms with Gasteiger partial charge < -0.3 is 5.32 Å². The van der Waals surface area contributed by atoms with Crippen LogP contribution in [0.15, 0.2) is 12.1 Å². The maximum atomic E-state index is 11.6. The van der Waals surface area contributed by atoms with E-state index >= 15 is 0 Å². The molecule has 16 heavy (non-hydrogen) atoms. The standard InChI is InChI=1S/C14H19NO/c1-9-6-10(2)13(11(3)7-9)8-15-14(16)12-4-5-12/h6-7,12H,4-5,8H2,1-3H3,(H,15,16). The lowest BCUT2D eigenvalue weighted by Gasteiger charge is -2.12. The predicted octanol–water partition coefficient (Wildman–Crippen LogP) is 2.64. The third kappa shape index (κ3) is 2.43.